The fraction of sp³-hybridized carbons (Fsp3) is 0.462. The van der Waals surface area contributed by atoms with Crippen molar-refractivity contribution in [3.8, 4) is 0 Å². The Balaban J connectivity index is 2.30. The SMILES string of the molecule is CNCc1cc(F)c(N2CCCNC(=O)C2)c(F)c1. The quantitative estimate of drug-likeness (QED) is 0.861. The van der Waals surface area contributed by atoms with Crippen molar-refractivity contribution in [3.05, 3.63) is 29.3 Å². The summed E-state index contributed by atoms with van der Waals surface area (Å²) < 4.78 is 28.1. The van der Waals surface area contributed by atoms with Crippen molar-refractivity contribution >= 4 is 11.6 Å². The molecule has 1 fully saturated rings. The van der Waals surface area contributed by atoms with Crippen LogP contribution in [0.4, 0.5) is 14.5 Å². The van der Waals surface area contributed by atoms with E-state index >= 15 is 0 Å². The first-order chi connectivity index (χ1) is 9.11. The minimum Gasteiger partial charge on any atom is -0.357 e. The molecule has 1 aliphatic rings. The van der Waals surface area contributed by atoms with Crippen LogP contribution in [0.2, 0.25) is 0 Å². The van der Waals surface area contributed by atoms with E-state index in [-0.39, 0.29) is 18.1 Å². The minimum atomic E-state index is -0.625. The molecule has 1 aromatic carbocycles. The number of amides is 1. The maximum Gasteiger partial charge on any atom is 0.239 e. The van der Waals surface area contributed by atoms with Gasteiger partial charge in [0.25, 0.3) is 0 Å². The van der Waals surface area contributed by atoms with Gasteiger partial charge in [-0.05, 0) is 31.2 Å². The van der Waals surface area contributed by atoms with Crippen LogP contribution in [0, 0.1) is 11.6 Å². The van der Waals surface area contributed by atoms with Gasteiger partial charge in [0.1, 0.15) is 17.3 Å². The number of benzene rings is 1. The summed E-state index contributed by atoms with van der Waals surface area (Å²) in [5, 5.41) is 5.52. The highest BCUT2D eigenvalue weighted by molar-refractivity contribution is 5.81. The molecule has 0 spiro atoms. The average molecular weight is 269 g/mol. The van der Waals surface area contributed by atoms with Crippen LogP contribution in [0.25, 0.3) is 0 Å². The predicted molar refractivity (Wildman–Crippen MR) is 69.0 cm³/mol. The number of nitrogens with one attached hydrogen (secondary N) is 2. The maximum absolute atomic E-state index is 14.0. The summed E-state index contributed by atoms with van der Waals surface area (Å²) in [6, 6.07) is 2.61. The number of nitrogens with zero attached hydrogens (tertiary/aromatic N) is 1. The number of carbonyl (C=O) groups excluding carboxylic acids is 1. The highest BCUT2D eigenvalue weighted by atomic mass is 19.1. The van der Waals surface area contributed by atoms with Gasteiger partial charge in [-0.3, -0.25) is 4.79 Å². The lowest BCUT2D eigenvalue weighted by atomic mass is 10.1. The zero-order valence-electron chi connectivity index (χ0n) is 10.8. The van der Waals surface area contributed by atoms with Gasteiger partial charge in [0.05, 0.1) is 6.54 Å². The van der Waals surface area contributed by atoms with E-state index in [0.29, 0.717) is 31.6 Å². The van der Waals surface area contributed by atoms with Crippen molar-refractivity contribution in [2.75, 3.05) is 31.6 Å². The normalized spacial score (nSPS) is 16.2. The van der Waals surface area contributed by atoms with Gasteiger partial charge in [0.15, 0.2) is 0 Å². The number of anilines is 1. The molecule has 19 heavy (non-hydrogen) atoms. The Hall–Kier alpha value is -1.69. The average Bonchev–Trinajstić information content (AvgIpc) is 2.53. The van der Waals surface area contributed by atoms with Gasteiger partial charge in [0.2, 0.25) is 5.91 Å². The van der Waals surface area contributed by atoms with Crippen LogP contribution in [0.3, 0.4) is 0 Å². The predicted octanol–water partition coefficient (Wildman–Crippen LogP) is 1.01. The third-order valence-electron chi connectivity index (χ3n) is 3.04. The van der Waals surface area contributed by atoms with Gasteiger partial charge < -0.3 is 15.5 Å². The molecule has 1 heterocycles. The monoisotopic (exact) mass is 269 g/mol. The van der Waals surface area contributed by atoms with E-state index in [1.54, 1.807) is 7.05 Å². The van der Waals surface area contributed by atoms with E-state index in [9.17, 15) is 13.6 Å². The van der Waals surface area contributed by atoms with Crippen molar-refractivity contribution in [2.24, 2.45) is 0 Å². The van der Waals surface area contributed by atoms with Crippen LogP contribution in [0.5, 0.6) is 0 Å². The second kappa shape index (κ2) is 5.97. The molecule has 0 bridgehead atoms. The number of hydrogen-bond donors (Lipinski definition) is 2. The van der Waals surface area contributed by atoms with E-state index < -0.39 is 11.6 Å². The summed E-state index contributed by atoms with van der Waals surface area (Å²) in [6.07, 6.45) is 0.670. The molecule has 4 nitrogen and oxygen atoms in total. The summed E-state index contributed by atoms with van der Waals surface area (Å²) in [7, 11) is 1.71. The van der Waals surface area contributed by atoms with Gasteiger partial charge in [-0.1, -0.05) is 0 Å². The molecule has 0 radical (unpaired) electrons. The number of halogens is 2. The fourth-order valence-corrected chi connectivity index (χ4v) is 2.22. The van der Waals surface area contributed by atoms with E-state index in [2.05, 4.69) is 10.6 Å². The van der Waals surface area contributed by atoms with Gasteiger partial charge in [-0.15, -0.1) is 0 Å². The number of carbonyl (C=O) groups is 1. The molecule has 2 rings (SSSR count). The summed E-state index contributed by atoms with van der Waals surface area (Å²) >= 11 is 0. The van der Waals surface area contributed by atoms with E-state index in [1.165, 1.54) is 17.0 Å². The van der Waals surface area contributed by atoms with Crippen molar-refractivity contribution in [1.29, 1.82) is 0 Å². The molecule has 0 atom stereocenters. The summed E-state index contributed by atoms with van der Waals surface area (Å²) in [5.74, 6) is -1.46. The largest absolute Gasteiger partial charge is 0.357 e. The van der Waals surface area contributed by atoms with Crippen LogP contribution < -0.4 is 15.5 Å². The maximum atomic E-state index is 14.0. The van der Waals surface area contributed by atoms with E-state index in [0.717, 1.165) is 0 Å². The van der Waals surface area contributed by atoms with Gasteiger partial charge in [-0.25, -0.2) is 8.78 Å². The molecule has 0 aromatic heterocycles. The fourth-order valence-electron chi connectivity index (χ4n) is 2.22. The first-order valence-electron chi connectivity index (χ1n) is 6.26. The number of hydrogen-bond acceptors (Lipinski definition) is 3. The second-order valence-corrected chi connectivity index (χ2v) is 4.56. The first kappa shape index (κ1) is 13.7. The standard InChI is InChI=1S/C13H17F2N3O/c1-16-7-9-5-10(14)13(11(15)6-9)18-4-2-3-17-12(19)8-18/h5-6,16H,2-4,7-8H2,1H3,(H,17,19). The third kappa shape index (κ3) is 3.20. The van der Waals surface area contributed by atoms with Crippen LogP contribution in [-0.2, 0) is 11.3 Å². The number of rotatable bonds is 3. The lowest BCUT2D eigenvalue weighted by molar-refractivity contribution is -0.119. The zero-order chi connectivity index (χ0) is 13.8. The van der Waals surface area contributed by atoms with Gasteiger partial charge in [0, 0.05) is 19.6 Å². The van der Waals surface area contributed by atoms with E-state index in [4.69, 9.17) is 0 Å². The Kier molecular flexibility index (Phi) is 4.31. The molecule has 0 saturated carbocycles. The third-order valence-corrected chi connectivity index (χ3v) is 3.04. The lowest BCUT2D eigenvalue weighted by Gasteiger charge is -2.22. The highest BCUT2D eigenvalue weighted by Crippen LogP contribution is 2.25. The van der Waals surface area contributed by atoms with Crippen LogP contribution >= 0.6 is 0 Å². The van der Waals surface area contributed by atoms with Crippen molar-refractivity contribution in [1.82, 2.24) is 10.6 Å². The van der Waals surface area contributed by atoms with Crippen LogP contribution in [0.15, 0.2) is 12.1 Å². The first-order valence-corrected chi connectivity index (χ1v) is 6.26. The molecule has 6 heteroatoms. The van der Waals surface area contributed by atoms with Gasteiger partial charge >= 0.3 is 0 Å². The molecule has 2 N–H and O–H groups in total. The molecule has 1 aromatic rings. The van der Waals surface area contributed by atoms with Crippen LogP contribution in [0.1, 0.15) is 12.0 Å². The zero-order valence-corrected chi connectivity index (χ0v) is 10.8. The molecule has 0 aliphatic carbocycles. The summed E-state index contributed by atoms with van der Waals surface area (Å²) in [4.78, 5) is 12.9. The molecular weight excluding hydrogens is 252 g/mol. The van der Waals surface area contributed by atoms with Crippen molar-refractivity contribution in [3.63, 3.8) is 0 Å². The minimum absolute atomic E-state index is 0.0147. The van der Waals surface area contributed by atoms with Crippen LogP contribution in [-0.4, -0.2) is 32.6 Å². The highest BCUT2D eigenvalue weighted by Gasteiger charge is 2.21. The van der Waals surface area contributed by atoms with Crippen molar-refractivity contribution < 1.29 is 13.6 Å². The summed E-state index contributed by atoms with van der Waals surface area (Å²) in [5.41, 5.74) is 0.428. The van der Waals surface area contributed by atoms with Gasteiger partial charge in [-0.2, -0.15) is 0 Å². The second-order valence-electron chi connectivity index (χ2n) is 4.56. The smallest absolute Gasteiger partial charge is 0.239 e. The topological polar surface area (TPSA) is 44.4 Å². The Bertz CT molecular complexity index is 456. The Morgan fingerprint density at radius 1 is 1.37 bits per heavy atom. The summed E-state index contributed by atoms with van der Waals surface area (Å²) in [6.45, 7) is 1.38. The molecular formula is C13H17F2N3O. The Morgan fingerprint density at radius 2 is 2.05 bits per heavy atom. The molecule has 0 unspecified atom stereocenters. The molecule has 104 valence electrons. The van der Waals surface area contributed by atoms with E-state index in [1.807, 2.05) is 0 Å². The Morgan fingerprint density at radius 3 is 2.68 bits per heavy atom. The van der Waals surface area contributed by atoms with Crippen molar-refractivity contribution in [2.45, 2.75) is 13.0 Å². The molecule has 1 amide bonds. The molecule has 1 saturated heterocycles. The lowest BCUT2D eigenvalue weighted by Crippen LogP contribution is -2.34. The molecule has 1 aliphatic heterocycles. The Labute approximate surface area is 110 Å².